The van der Waals surface area contributed by atoms with Gasteiger partial charge in [-0.25, -0.2) is 8.78 Å². The van der Waals surface area contributed by atoms with Crippen LogP contribution in [0.4, 0.5) is 14.5 Å². The fourth-order valence-corrected chi connectivity index (χ4v) is 5.68. The van der Waals surface area contributed by atoms with Gasteiger partial charge in [-0.15, -0.1) is 0 Å². The van der Waals surface area contributed by atoms with Gasteiger partial charge in [0.25, 0.3) is 11.8 Å². The maximum Gasteiger partial charge on any atom is 0.262 e. The molecule has 3 fully saturated rings. The number of carbonyl (C=O) groups is 5. The number of piperidine rings is 3. The summed E-state index contributed by atoms with van der Waals surface area (Å²) in [5.41, 5.74) is -1.43. The molecule has 11 heteroatoms. The number of rotatable bonds is 5. The van der Waals surface area contributed by atoms with Gasteiger partial charge < -0.3 is 14.6 Å². The summed E-state index contributed by atoms with van der Waals surface area (Å²) >= 11 is 0. The molecule has 0 radical (unpaired) electrons. The zero-order chi connectivity index (χ0) is 25.6. The second-order valence-electron chi connectivity index (χ2n) is 10.2. The van der Waals surface area contributed by atoms with Crippen molar-refractivity contribution in [1.82, 2.24) is 15.1 Å². The van der Waals surface area contributed by atoms with Gasteiger partial charge in [-0.05, 0) is 44.5 Å². The number of halogens is 2. The lowest BCUT2D eigenvalue weighted by Crippen LogP contribution is -2.54. The van der Waals surface area contributed by atoms with Crippen molar-refractivity contribution in [1.29, 1.82) is 0 Å². The number of carbonyl (C=O) groups excluding carboxylic acids is 5. The number of hydrogen-bond acceptors (Lipinski definition) is 7. The quantitative estimate of drug-likeness (QED) is 0.480. The Labute approximate surface area is 206 Å². The molecule has 0 aromatic heterocycles. The van der Waals surface area contributed by atoms with E-state index in [-0.39, 0.29) is 68.0 Å². The van der Waals surface area contributed by atoms with E-state index in [2.05, 4.69) is 5.32 Å². The van der Waals surface area contributed by atoms with Crippen LogP contribution in [-0.2, 0) is 14.4 Å². The first-order chi connectivity index (χ1) is 17.2. The van der Waals surface area contributed by atoms with Gasteiger partial charge in [0.1, 0.15) is 23.8 Å². The molecule has 1 atom stereocenters. The maximum atomic E-state index is 15.6. The number of fused-ring (bicyclic) bond motifs is 1. The van der Waals surface area contributed by atoms with Crippen molar-refractivity contribution >= 4 is 35.6 Å². The van der Waals surface area contributed by atoms with Gasteiger partial charge in [-0.2, -0.15) is 0 Å². The Hall–Kier alpha value is -3.21. The molecule has 0 bridgehead atoms. The number of likely N-dealkylation sites (tertiary alicyclic amines) is 1. The molecule has 4 aliphatic rings. The first-order valence-corrected chi connectivity index (χ1v) is 12.4. The van der Waals surface area contributed by atoms with Crippen LogP contribution in [0.25, 0.3) is 0 Å². The molecule has 9 nitrogen and oxygen atoms in total. The van der Waals surface area contributed by atoms with Crippen molar-refractivity contribution in [3.63, 3.8) is 0 Å². The third kappa shape index (κ3) is 4.40. The number of imide groups is 2. The minimum atomic E-state index is -1.42. The summed E-state index contributed by atoms with van der Waals surface area (Å²) in [7, 11) is 0. The predicted molar refractivity (Wildman–Crippen MR) is 124 cm³/mol. The van der Waals surface area contributed by atoms with Gasteiger partial charge in [0.2, 0.25) is 11.8 Å². The van der Waals surface area contributed by atoms with E-state index in [1.807, 2.05) is 4.90 Å². The average molecular weight is 503 g/mol. The van der Waals surface area contributed by atoms with Gasteiger partial charge in [-0.1, -0.05) is 0 Å². The lowest BCUT2D eigenvalue weighted by molar-refractivity contribution is -0.136. The van der Waals surface area contributed by atoms with Crippen molar-refractivity contribution in [3.8, 4) is 0 Å². The second-order valence-corrected chi connectivity index (χ2v) is 10.2. The van der Waals surface area contributed by atoms with E-state index in [0.717, 1.165) is 30.1 Å². The largest absolute Gasteiger partial charge is 0.369 e. The van der Waals surface area contributed by atoms with Crippen molar-refractivity contribution in [3.05, 3.63) is 29.1 Å². The normalized spacial score (nSPS) is 25.2. The number of nitrogens with one attached hydrogen (secondary N) is 1. The lowest BCUT2D eigenvalue weighted by Gasteiger charge is -2.41. The standard InChI is InChI=1S/C25H28F2N4O5/c26-18-11-16-17(24(36)31(23(16)35)19-1-2-21(33)28-22(19)34)12-20(18)30-9-5-25(27,6-10-30)14-29-7-3-15(13-32)4-8-29/h11-13,15,19H,1-10,14H2,(H,28,33,34). The van der Waals surface area contributed by atoms with E-state index < -0.39 is 41.2 Å². The molecule has 4 amide bonds. The van der Waals surface area contributed by atoms with Crippen LogP contribution in [0, 0.1) is 11.7 Å². The van der Waals surface area contributed by atoms with E-state index in [1.165, 1.54) is 6.07 Å². The highest BCUT2D eigenvalue weighted by Crippen LogP contribution is 2.36. The molecule has 3 saturated heterocycles. The van der Waals surface area contributed by atoms with Crippen molar-refractivity contribution in [2.24, 2.45) is 5.92 Å². The van der Waals surface area contributed by atoms with Crippen molar-refractivity contribution in [2.75, 3.05) is 37.6 Å². The van der Waals surface area contributed by atoms with Gasteiger partial charge in [0, 0.05) is 44.8 Å². The predicted octanol–water partition coefficient (Wildman–Crippen LogP) is 1.45. The average Bonchev–Trinajstić information content (AvgIpc) is 3.09. The van der Waals surface area contributed by atoms with Gasteiger partial charge in [0.05, 0.1) is 16.8 Å². The van der Waals surface area contributed by atoms with Crippen LogP contribution in [0.2, 0.25) is 0 Å². The monoisotopic (exact) mass is 502 g/mol. The highest BCUT2D eigenvalue weighted by atomic mass is 19.1. The Morgan fingerprint density at radius 1 is 0.972 bits per heavy atom. The number of anilines is 1. The topological polar surface area (TPSA) is 107 Å². The van der Waals surface area contributed by atoms with E-state index >= 15 is 8.78 Å². The molecule has 0 spiro atoms. The molecule has 0 saturated carbocycles. The van der Waals surface area contributed by atoms with E-state index in [4.69, 9.17) is 0 Å². The van der Waals surface area contributed by atoms with Gasteiger partial charge in [-0.3, -0.25) is 29.4 Å². The third-order valence-corrected chi connectivity index (χ3v) is 7.84. The minimum Gasteiger partial charge on any atom is -0.369 e. The fraction of sp³-hybridized carbons (Fsp3) is 0.560. The first-order valence-electron chi connectivity index (χ1n) is 12.4. The summed E-state index contributed by atoms with van der Waals surface area (Å²) < 4.78 is 30.7. The molecule has 36 heavy (non-hydrogen) atoms. The van der Waals surface area contributed by atoms with E-state index in [1.54, 1.807) is 4.90 Å². The smallest absolute Gasteiger partial charge is 0.262 e. The van der Waals surface area contributed by atoms with Crippen LogP contribution in [0.5, 0.6) is 0 Å². The van der Waals surface area contributed by atoms with Crippen LogP contribution in [-0.4, -0.2) is 84.1 Å². The minimum absolute atomic E-state index is 0.00270. The highest BCUT2D eigenvalue weighted by molar-refractivity contribution is 6.23. The molecule has 192 valence electrons. The highest BCUT2D eigenvalue weighted by Gasteiger charge is 2.46. The zero-order valence-electron chi connectivity index (χ0n) is 19.8. The Balaban J connectivity index is 1.27. The number of alkyl halides is 1. The Morgan fingerprint density at radius 3 is 2.22 bits per heavy atom. The number of nitrogens with zero attached hydrogens (tertiary/aromatic N) is 3. The lowest BCUT2D eigenvalue weighted by atomic mass is 9.90. The van der Waals surface area contributed by atoms with Crippen LogP contribution >= 0.6 is 0 Å². The summed E-state index contributed by atoms with van der Waals surface area (Å²) in [4.78, 5) is 65.1. The molecular weight excluding hydrogens is 474 g/mol. The SMILES string of the molecule is O=CC1CCN(CC2(F)CCN(c3cc4c(cc3F)C(=O)N(C3CCC(=O)NC3=O)C4=O)CC2)CC1. The Bertz CT molecular complexity index is 1130. The summed E-state index contributed by atoms with van der Waals surface area (Å²) in [5.74, 6) is -3.33. The Kier molecular flexibility index (Phi) is 6.36. The Morgan fingerprint density at radius 2 is 1.61 bits per heavy atom. The number of hydrogen-bond donors (Lipinski definition) is 1. The van der Waals surface area contributed by atoms with E-state index in [9.17, 15) is 24.0 Å². The summed E-state index contributed by atoms with van der Waals surface area (Å²) in [6, 6.07) is 1.19. The third-order valence-electron chi connectivity index (χ3n) is 7.84. The van der Waals surface area contributed by atoms with Crippen molar-refractivity contribution < 1.29 is 32.8 Å². The molecule has 1 aromatic rings. The van der Waals surface area contributed by atoms with Gasteiger partial charge in [0.15, 0.2) is 0 Å². The van der Waals surface area contributed by atoms with Crippen molar-refractivity contribution in [2.45, 2.75) is 50.2 Å². The maximum absolute atomic E-state index is 15.6. The van der Waals surface area contributed by atoms with Crippen LogP contribution in [0.3, 0.4) is 0 Å². The molecule has 1 aromatic carbocycles. The summed E-state index contributed by atoms with van der Waals surface area (Å²) in [6.07, 6.45) is 2.82. The number of aldehydes is 1. The van der Waals surface area contributed by atoms with Crippen LogP contribution in [0.1, 0.15) is 59.2 Å². The van der Waals surface area contributed by atoms with E-state index in [0.29, 0.717) is 13.1 Å². The molecule has 5 rings (SSSR count). The van der Waals surface area contributed by atoms with Crippen LogP contribution < -0.4 is 10.2 Å². The second kappa shape index (κ2) is 9.34. The molecule has 0 aliphatic carbocycles. The zero-order valence-corrected chi connectivity index (χ0v) is 19.8. The first kappa shape index (κ1) is 24.5. The molecular formula is C25H28F2N4O5. The van der Waals surface area contributed by atoms with Crippen LogP contribution in [0.15, 0.2) is 12.1 Å². The molecule has 1 N–H and O–H groups in total. The number of amides is 4. The molecule has 4 aliphatic heterocycles. The number of benzene rings is 1. The summed E-state index contributed by atoms with van der Waals surface area (Å²) in [5, 5.41) is 2.13. The molecule has 4 heterocycles. The van der Waals surface area contributed by atoms with Gasteiger partial charge >= 0.3 is 0 Å². The summed E-state index contributed by atoms with van der Waals surface area (Å²) in [6.45, 7) is 2.12. The fourth-order valence-electron chi connectivity index (χ4n) is 5.68. The molecule has 1 unspecified atom stereocenters.